The van der Waals surface area contributed by atoms with E-state index in [4.69, 9.17) is 0 Å². The summed E-state index contributed by atoms with van der Waals surface area (Å²) in [7, 11) is -3.51. The van der Waals surface area contributed by atoms with Crippen molar-refractivity contribution in [1.29, 1.82) is 0 Å². The fourth-order valence-electron chi connectivity index (χ4n) is 1.29. The highest BCUT2D eigenvalue weighted by molar-refractivity contribution is 7.89. The van der Waals surface area contributed by atoms with Crippen molar-refractivity contribution in [3.63, 3.8) is 0 Å². The molecule has 0 saturated heterocycles. The van der Waals surface area contributed by atoms with Crippen LogP contribution in [-0.4, -0.2) is 33.2 Å². The molecule has 1 rings (SSSR count). The Morgan fingerprint density at radius 2 is 2.24 bits per heavy atom. The summed E-state index contributed by atoms with van der Waals surface area (Å²) in [5.41, 5.74) is 0.803. The third-order valence-electron chi connectivity index (χ3n) is 2.19. The van der Waals surface area contributed by atoms with Gasteiger partial charge in [-0.2, -0.15) is 0 Å². The van der Waals surface area contributed by atoms with Crippen LogP contribution in [0.1, 0.15) is 19.0 Å². The summed E-state index contributed by atoms with van der Waals surface area (Å²) in [5, 5.41) is 3.09. The van der Waals surface area contributed by atoms with Crippen molar-refractivity contribution in [2.45, 2.75) is 24.8 Å². The first-order chi connectivity index (χ1) is 8.10. The molecule has 1 heterocycles. The molecule has 5 nitrogen and oxygen atoms in total. The van der Waals surface area contributed by atoms with E-state index in [9.17, 15) is 12.8 Å². The van der Waals surface area contributed by atoms with Crippen molar-refractivity contribution in [2.24, 2.45) is 0 Å². The number of H-pyrrole nitrogens is 1. The standard InChI is InChI=1S/C10H18FN3O2S/c1-2-12-7-9-6-10(8-13-9)17(15,16)14-5-3-4-11/h6,8,12-14H,2-5,7H2,1H3. The smallest absolute Gasteiger partial charge is 0.242 e. The topological polar surface area (TPSA) is 74.0 Å². The molecule has 0 atom stereocenters. The molecule has 0 unspecified atom stereocenters. The molecule has 3 N–H and O–H groups in total. The molecule has 1 aromatic heterocycles. The molecule has 0 bridgehead atoms. The third-order valence-corrected chi connectivity index (χ3v) is 3.64. The molecular formula is C10H18FN3O2S. The summed E-state index contributed by atoms with van der Waals surface area (Å²) in [6, 6.07) is 1.57. The fourth-order valence-corrected chi connectivity index (χ4v) is 2.38. The maximum atomic E-state index is 11.9. The lowest BCUT2D eigenvalue weighted by Gasteiger charge is -2.02. The largest absolute Gasteiger partial charge is 0.363 e. The van der Waals surface area contributed by atoms with E-state index in [1.165, 1.54) is 6.20 Å². The summed E-state index contributed by atoms with van der Waals surface area (Å²) in [6.07, 6.45) is 1.62. The monoisotopic (exact) mass is 263 g/mol. The quantitative estimate of drug-likeness (QED) is 0.606. The Balaban J connectivity index is 2.61. The molecule has 0 aromatic carbocycles. The molecule has 0 aliphatic carbocycles. The van der Waals surface area contributed by atoms with Crippen LogP contribution >= 0.6 is 0 Å². The van der Waals surface area contributed by atoms with E-state index < -0.39 is 16.7 Å². The number of sulfonamides is 1. The van der Waals surface area contributed by atoms with Crippen molar-refractivity contribution < 1.29 is 12.8 Å². The SMILES string of the molecule is CCNCc1cc(S(=O)(=O)NCCCF)c[nH]1. The van der Waals surface area contributed by atoms with Crippen molar-refractivity contribution in [3.05, 3.63) is 18.0 Å². The second-order valence-corrected chi connectivity index (χ2v) is 5.35. The summed E-state index contributed by atoms with van der Waals surface area (Å²) in [4.78, 5) is 3.07. The highest BCUT2D eigenvalue weighted by Gasteiger charge is 2.14. The average molecular weight is 263 g/mol. The van der Waals surface area contributed by atoms with Crippen LogP contribution in [0.4, 0.5) is 4.39 Å². The van der Waals surface area contributed by atoms with Crippen molar-refractivity contribution >= 4 is 10.0 Å². The van der Waals surface area contributed by atoms with Crippen LogP contribution < -0.4 is 10.0 Å². The van der Waals surface area contributed by atoms with Gasteiger partial charge in [0.15, 0.2) is 0 Å². The Morgan fingerprint density at radius 1 is 1.47 bits per heavy atom. The minimum Gasteiger partial charge on any atom is -0.363 e. The highest BCUT2D eigenvalue weighted by Crippen LogP contribution is 2.10. The summed E-state index contributed by atoms with van der Waals surface area (Å²) >= 11 is 0. The molecule has 17 heavy (non-hydrogen) atoms. The van der Waals surface area contributed by atoms with Gasteiger partial charge in [0.2, 0.25) is 10.0 Å². The molecule has 0 saturated carbocycles. The second-order valence-electron chi connectivity index (χ2n) is 3.58. The molecule has 0 radical (unpaired) electrons. The van der Waals surface area contributed by atoms with Crippen molar-refractivity contribution in [3.8, 4) is 0 Å². The number of halogens is 1. The van der Waals surface area contributed by atoms with Gasteiger partial charge in [-0.05, 0) is 19.0 Å². The van der Waals surface area contributed by atoms with Crippen molar-refractivity contribution in [1.82, 2.24) is 15.0 Å². The third kappa shape index (κ3) is 4.45. The van der Waals surface area contributed by atoms with E-state index in [1.54, 1.807) is 6.07 Å². The summed E-state index contributed by atoms with van der Waals surface area (Å²) < 4.78 is 37.6. The zero-order valence-corrected chi connectivity index (χ0v) is 10.6. The number of aromatic amines is 1. The van der Waals surface area contributed by atoms with Crippen LogP contribution in [0.15, 0.2) is 17.2 Å². The van der Waals surface area contributed by atoms with Crippen molar-refractivity contribution in [2.75, 3.05) is 19.8 Å². The Hall–Kier alpha value is -0.920. The molecule has 7 heteroatoms. The van der Waals surface area contributed by atoms with E-state index >= 15 is 0 Å². The van der Waals surface area contributed by atoms with Gasteiger partial charge in [0, 0.05) is 25.0 Å². The van der Waals surface area contributed by atoms with Gasteiger partial charge in [-0.25, -0.2) is 13.1 Å². The highest BCUT2D eigenvalue weighted by atomic mass is 32.2. The van der Waals surface area contributed by atoms with Crippen LogP contribution in [0.25, 0.3) is 0 Å². The molecule has 0 fully saturated rings. The first-order valence-corrected chi connectivity index (χ1v) is 7.02. The molecule has 0 aliphatic heterocycles. The zero-order valence-electron chi connectivity index (χ0n) is 9.79. The Morgan fingerprint density at radius 3 is 2.88 bits per heavy atom. The molecule has 0 amide bonds. The number of hydrogen-bond acceptors (Lipinski definition) is 3. The van der Waals surface area contributed by atoms with Gasteiger partial charge in [-0.1, -0.05) is 6.92 Å². The Kier molecular flexibility index (Phi) is 5.60. The predicted octanol–water partition coefficient (Wildman–Crippen LogP) is 0.762. The number of rotatable bonds is 8. The first kappa shape index (κ1) is 14.1. The van der Waals surface area contributed by atoms with Crippen LogP contribution in [0.3, 0.4) is 0 Å². The molecule has 98 valence electrons. The van der Waals surface area contributed by atoms with Gasteiger partial charge in [0.05, 0.1) is 11.6 Å². The van der Waals surface area contributed by atoms with Crippen LogP contribution in [-0.2, 0) is 16.6 Å². The lowest BCUT2D eigenvalue weighted by molar-refractivity contribution is 0.470. The summed E-state index contributed by atoms with van der Waals surface area (Å²) in [6.45, 7) is 2.97. The predicted molar refractivity (Wildman–Crippen MR) is 64.0 cm³/mol. The molecule has 0 aliphatic rings. The number of nitrogens with one attached hydrogen (secondary N) is 3. The number of alkyl halides is 1. The van der Waals surface area contributed by atoms with Crippen LogP contribution in [0, 0.1) is 0 Å². The van der Waals surface area contributed by atoms with Gasteiger partial charge in [-0.15, -0.1) is 0 Å². The second kappa shape index (κ2) is 6.73. The fraction of sp³-hybridized carbons (Fsp3) is 0.600. The maximum Gasteiger partial charge on any atom is 0.242 e. The molecule has 1 aromatic rings. The summed E-state index contributed by atoms with van der Waals surface area (Å²) in [5.74, 6) is 0. The maximum absolute atomic E-state index is 11.9. The first-order valence-electron chi connectivity index (χ1n) is 5.53. The van der Waals surface area contributed by atoms with E-state index in [2.05, 4.69) is 15.0 Å². The number of aromatic nitrogens is 1. The van der Waals surface area contributed by atoms with E-state index in [0.717, 1.165) is 12.2 Å². The normalized spacial score (nSPS) is 11.9. The van der Waals surface area contributed by atoms with E-state index in [-0.39, 0.29) is 17.9 Å². The van der Waals surface area contributed by atoms with E-state index in [0.29, 0.717) is 6.54 Å². The number of hydrogen-bond donors (Lipinski definition) is 3. The van der Waals surface area contributed by atoms with Crippen LogP contribution in [0.5, 0.6) is 0 Å². The zero-order chi connectivity index (χ0) is 12.7. The van der Waals surface area contributed by atoms with Gasteiger partial charge in [-0.3, -0.25) is 4.39 Å². The van der Waals surface area contributed by atoms with Gasteiger partial charge < -0.3 is 10.3 Å². The van der Waals surface area contributed by atoms with Crippen LogP contribution in [0.2, 0.25) is 0 Å². The minimum atomic E-state index is -3.51. The average Bonchev–Trinajstić information content (AvgIpc) is 2.76. The van der Waals surface area contributed by atoms with Gasteiger partial charge >= 0.3 is 0 Å². The lowest BCUT2D eigenvalue weighted by Crippen LogP contribution is -2.24. The molecular weight excluding hydrogens is 245 g/mol. The van der Waals surface area contributed by atoms with Gasteiger partial charge in [0.25, 0.3) is 0 Å². The molecule has 0 spiro atoms. The Bertz CT molecular complexity index is 431. The Labute approximate surface area is 101 Å². The minimum absolute atomic E-state index is 0.118. The van der Waals surface area contributed by atoms with Gasteiger partial charge in [0.1, 0.15) is 0 Å². The van der Waals surface area contributed by atoms with E-state index in [1.807, 2.05) is 6.92 Å². The lowest BCUT2D eigenvalue weighted by atomic mass is 10.4.